The fraction of sp³-hybridized carbons (Fsp3) is 0.588. The Labute approximate surface area is 126 Å². The van der Waals surface area contributed by atoms with Crippen molar-refractivity contribution in [3.05, 3.63) is 23.8 Å². The van der Waals surface area contributed by atoms with Crippen molar-refractivity contribution >= 4 is 17.3 Å². The third kappa shape index (κ3) is 2.31. The standard InChI is InChI=1S/C17H25N3O/c1-11-6-4-5-7-14(11)19(2)12-8-9-13-15(10-12)20(3)17(21)16(13)18/h8-11,14,16H,4-7,18H2,1-3H3. The molecule has 3 atom stereocenters. The van der Waals surface area contributed by atoms with Crippen molar-refractivity contribution in [3.8, 4) is 0 Å². The first-order valence-corrected chi connectivity index (χ1v) is 7.90. The number of hydrogen-bond acceptors (Lipinski definition) is 3. The molecule has 4 nitrogen and oxygen atoms in total. The molecule has 21 heavy (non-hydrogen) atoms. The molecule has 2 N–H and O–H groups in total. The van der Waals surface area contributed by atoms with Gasteiger partial charge in [-0.1, -0.05) is 25.8 Å². The zero-order chi connectivity index (χ0) is 15.1. The van der Waals surface area contributed by atoms with Crippen molar-refractivity contribution in [1.82, 2.24) is 0 Å². The zero-order valence-electron chi connectivity index (χ0n) is 13.2. The van der Waals surface area contributed by atoms with Crippen LogP contribution in [0.3, 0.4) is 0 Å². The molecule has 2 aliphatic rings. The molecule has 0 radical (unpaired) electrons. The molecular formula is C17H25N3O. The van der Waals surface area contributed by atoms with Gasteiger partial charge in [-0.05, 0) is 30.9 Å². The van der Waals surface area contributed by atoms with Gasteiger partial charge in [-0.3, -0.25) is 4.79 Å². The van der Waals surface area contributed by atoms with E-state index in [1.807, 2.05) is 6.07 Å². The lowest BCUT2D eigenvalue weighted by atomic mass is 9.85. The Bertz CT molecular complexity index is 557. The minimum atomic E-state index is -0.502. The number of amides is 1. The topological polar surface area (TPSA) is 49.6 Å². The number of benzene rings is 1. The summed E-state index contributed by atoms with van der Waals surface area (Å²) in [5.41, 5.74) is 9.05. The molecule has 0 aromatic heterocycles. The summed E-state index contributed by atoms with van der Waals surface area (Å²) in [4.78, 5) is 16.0. The molecule has 1 aromatic rings. The molecular weight excluding hydrogens is 262 g/mol. The predicted molar refractivity (Wildman–Crippen MR) is 86.6 cm³/mol. The smallest absolute Gasteiger partial charge is 0.248 e. The fourth-order valence-electron chi connectivity index (χ4n) is 3.83. The summed E-state index contributed by atoms with van der Waals surface area (Å²) in [6.07, 6.45) is 5.22. The second-order valence-corrected chi connectivity index (χ2v) is 6.56. The van der Waals surface area contributed by atoms with Crippen LogP contribution in [0.25, 0.3) is 0 Å². The first-order chi connectivity index (χ1) is 10.0. The highest BCUT2D eigenvalue weighted by molar-refractivity contribution is 6.04. The van der Waals surface area contributed by atoms with E-state index in [4.69, 9.17) is 5.73 Å². The number of hydrogen-bond donors (Lipinski definition) is 1. The van der Waals surface area contributed by atoms with Gasteiger partial charge < -0.3 is 15.5 Å². The number of nitrogens with two attached hydrogens (primary N) is 1. The van der Waals surface area contributed by atoms with Gasteiger partial charge in [0.15, 0.2) is 0 Å². The molecule has 1 fully saturated rings. The van der Waals surface area contributed by atoms with Crippen molar-refractivity contribution in [1.29, 1.82) is 0 Å². The predicted octanol–water partition coefficient (Wildman–Crippen LogP) is 2.68. The van der Waals surface area contributed by atoms with Crippen molar-refractivity contribution < 1.29 is 4.79 Å². The van der Waals surface area contributed by atoms with E-state index in [1.165, 1.54) is 31.4 Å². The molecule has 3 unspecified atom stereocenters. The van der Waals surface area contributed by atoms with Crippen LogP contribution >= 0.6 is 0 Å². The molecule has 1 saturated carbocycles. The van der Waals surface area contributed by atoms with E-state index in [2.05, 4.69) is 31.0 Å². The number of likely N-dealkylation sites (N-methyl/N-ethyl adjacent to an activating group) is 1. The van der Waals surface area contributed by atoms with Gasteiger partial charge in [0, 0.05) is 31.4 Å². The quantitative estimate of drug-likeness (QED) is 0.910. The Morgan fingerprint density at radius 2 is 2.00 bits per heavy atom. The Balaban J connectivity index is 1.89. The summed E-state index contributed by atoms with van der Waals surface area (Å²) in [6.45, 7) is 2.35. The normalized spacial score (nSPS) is 28.7. The Morgan fingerprint density at radius 1 is 1.29 bits per heavy atom. The number of carbonyl (C=O) groups is 1. The number of anilines is 2. The first kappa shape index (κ1) is 14.4. The van der Waals surface area contributed by atoms with Crippen LogP contribution in [0.4, 0.5) is 11.4 Å². The summed E-state index contributed by atoms with van der Waals surface area (Å²) in [6, 6.07) is 6.32. The zero-order valence-corrected chi connectivity index (χ0v) is 13.2. The Morgan fingerprint density at radius 3 is 2.71 bits per heavy atom. The van der Waals surface area contributed by atoms with Crippen LogP contribution in [-0.4, -0.2) is 26.0 Å². The van der Waals surface area contributed by atoms with Crippen LogP contribution < -0.4 is 15.5 Å². The average Bonchev–Trinajstić information content (AvgIpc) is 2.71. The lowest BCUT2D eigenvalue weighted by molar-refractivity contribution is -0.118. The van der Waals surface area contributed by atoms with Crippen molar-refractivity contribution in [2.75, 3.05) is 23.9 Å². The molecule has 1 aliphatic heterocycles. The van der Waals surface area contributed by atoms with Gasteiger partial charge in [0.05, 0.1) is 5.69 Å². The Hall–Kier alpha value is -1.55. The van der Waals surface area contributed by atoms with Gasteiger partial charge in [0.2, 0.25) is 5.91 Å². The molecule has 114 valence electrons. The second kappa shape index (κ2) is 5.34. The molecule has 0 spiro atoms. The van der Waals surface area contributed by atoms with E-state index in [-0.39, 0.29) is 5.91 Å². The van der Waals surface area contributed by atoms with E-state index in [0.29, 0.717) is 6.04 Å². The minimum absolute atomic E-state index is 0.0177. The highest BCUT2D eigenvalue weighted by Crippen LogP contribution is 2.38. The van der Waals surface area contributed by atoms with E-state index in [1.54, 1.807) is 11.9 Å². The SMILES string of the molecule is CC1CCCCC1N(C)c1ccc2c(c1)N(C)C(=O)C2N. The third-order valence-corrected chi connectivity index (χ3v) is 5.28. The molecule has 1 heterocycles. The number of rotatable bonds is 2. The summed E-state index contributed by atoms with van der Waals surface area (Å²) < 4.78 is 0. The lowest BCUT2D eigenvalue weighted by Crippen LogP contribution is -2.39. The van der Waals surface area contributed by atoms with Crippen LogP contribution in [-0.2, 0) is 4.79 Å². The fourth-order valence-corrected chi connectivity index (χ4v) is 3.83. The van der Waals surface area contributed by atoms with E-state index in [9.17, 15) is 4.79 Å². The van der Waals surface area contributed by atoms with Crippen molar-refractivity contribution in [2.45, 2.75) is 44.7 Å². The maximum Gasteiger partial charge on any atom is 0.248 e. The molecule has 0 bridgehead atoms. The largest absolute Gasteiger partial charge is 0.371 e. The number of carbonyl (C=O) groups excluding carboxylic acids is 1. The van der Waals surface area contributed by atoms with E-state index in [0.717, 1.165) is 17.2 Å². The van der Waals surface area contributed by atoms with Gasteiger partial charge in [-0.2, -0.15) is 0 Å². The van der Waals surface area contributed by atoms with Crippen molar-refractivity contribution in [3.63, 3.8) is 0 Å². The third-order valence-electron chi connectivity index (χ3n) is 5.28. The lowest BCUT2D eigenvalue weighted by Gasteiger charge is -2.38. The molecule has 3 rings (SSSR count). The van der Waals surface area contributed by atoms with Gasteiger partial charge in [-0.15, -0.1) is 0 Å². The summed E-state index contributed by atoms with van der Waals surface area (Å²) in [5.74, 6) is 0.703. The molecule has 1 aromatic carbocycles. The second-order valence-electron chi connectivity index (χ2n) is 6.56. The summed E-state index contributed by atoms with van der Waals surface area (Å²) >= 11 is 0. The highest BCUT2D eigenvalue weighted by Gasteiger charge is 2.33. The van der Waals surface area contributed by atoms with E-state index < -0.39 is 6.04 Å². The summed E-state index contributed by atoms with van der Waals surface area (Å²) in [7, 11) is 3.98. The van der Waals surface area contributed by atoms with Crippen LogP contribution in [0.15, 0.2) is 18.2 Å². The average molecular weight is 287 g/mol. The maximum absolute atomic E-state index is 12.0. The van der Waals surface area contributed by atoms with E-state index >= 15 is 0 Å². The van der Waals surface area contributed by atoms with Gasteiger partial charge in [0.25, 0.3) is 0 Å². The minimum Gasteiger partial charge on any atom is -0.371 e. The van der Waals surface area contributed by atoms with Crippen LogP contribution in [0, 0.1) is 5.92 Å². The number of fused-ring (bicyclic) bond motifs is 1. The molecule has 1 amide bonds. The summed E-state index contributed by atoms with van der Waals surface area (Å²) in [5, 5.41) is 0. The highest BCUT2D eigenvalue weighted by atomic mass is 16.2. The van der Waals surface area contributed by atoms with Crippen molar-refractivity contribution in [2.24, 2.45) is 11.7 Å². The maximum atomic E-state index is 12.0. The molecule has 1 aliphatic carbocycles. The number of nitrogens with zero attached hydrogens (tertiary/aromatic N) is 2. The molecule has 0 saturated heterocycles. The van der Waals surface area contributed by atoms with Crippen LogP contribution in [0.5, 0.6) is 0 Å². The van der Waals surface area contributed by atoms with Crippen LogP contribution in [0.1, 0.15) is 44.2 Å². The van der Waals surface area contributed by atoms with Gasteiger partial charge in [0.1, 0.15) is 6.04 Å². The van der Waals surface area contributed by atoms with Crippen LogP contribution in [0.2, 0.25) is 0 Å². The Kier molecular flexibility index (Phi) is 3.66. The molecule has 4 heteroatoms. The van der Waals surface area contributed by atoms with Gasteiger partial charge in [-0.25, -0.2) is 0 Å². The van der Waals surface area contributed by atoms with Gasteiger partial charge >= 0.3 is 0 Å². The first-order valence-electron chi connectivity index (χ1n) is 7.90. The monoisotopic (exact) mass is 287 g/mol.